The summed E-state index contributed by atoms with van der Waals surface area (Å²) in [5, 5.41) is 0.578. The molecule has 6 heteroatoms. The molecule has 3 atom stereocenters. The van der Waals surface area contributed by atoms with Crippen molar-refractivity contribution in [2.45, 2.75) is 12.8 Å². The summed E-state index contributed by atoms with van der Waals surface area (Å²) in [7, 11) is 0. The fourth-order valence-corrected chi connectivity index (χ4v) is 3.58. The van der Waals surface area contributed by atoms with Crippen LogP contribution in [-0.4, -0.2) is 36.1 Å². The van der Waals surface area contributed by atoms with Crippen molar-refractivity contribution in [3.8, 4) is 0 Å². The van der Waals surface area contributed by atoms with Crippen molar-refractivity contribution >= 4 is 17.8 Å². The molecule has 2 amide bonds. The molecule has 1 aromatic carbocycles. The Morgan fingerprint density at radius 1 is 1.18 bits per heavy atom. The number of hydrogen-bond acceptors (Lipinski definition) is 5. The number of hydroxylamine groups is 2. The number of amides is 2. The normalized spacial score (nSPS) is 29.1. The highest BCUT2D eigenvalue weighted by molar-refractivity contribution is 6.20. The molecule has 22 heavy (non-hydrogen) atoms. The van der Waals surface area contributed by atoms with Gasteiger partial charge in [0.25, 0.3) is 11.8 Å². The molecule has 0 spiro atoms. The van der Waals surface area contributed by atoms with Gasteiger partial charge in [-0.15, -0.1) is 0 Å². The molecule has 2 fully saturated rings. The number of carbonyl (C=O) groups excluding carboxylic acids is 3. The van der Waals surface area contributed by atoms with E-state index in [-0.39, 0.29) is 23.5 Å². The Kier molecular flexibility index (Phi) is 3.00. The summed E-state index contributed by atoms with van der Waals surface area (Å²) in [6.45, 7) is 1.46. The van der Waals surface area contributed by atoms with E-state index in [2.05, 4.69) is 0 Å². The van der Waals surface area contributed by atoms with E-state index in [4.69, 9.17) is 9.57 Å². The maximum atomic E-state index is 12.1. The highest BCUT2D eigenvalue weighted by Gasteiger charge is 2.46. The summed E-state index contributed by atoms with van der Waals surface area (Å²) < 4.78 is 5.38. The highest BCUT2D eigenvalue weighted by atomic mass is 16.7. The van der Waals surface area contributed by atoms with Crippen LogP contribution in [0.5, 0.6) is 0 Å². The zero-order valence-corrected chi connectivity index (χ0v) is 11.9. The molecule has 0 aromatic heterocycles. The Bertz CT molecular complexity index is 635. The van der Waals surface area contributed by atoms with Crippen molar-refractivity contribution in [1.29, 1.82) is 0 Å². The first-order valence-corrected chi connectivity index (χ1v) is 7.41. The number of imide groups is 1. The SMILES string of the molecule is O=C(CC1C[C@@H]2COC[C@H]12)ON1C(=O)c2ccccc2C1=O. The molecule has 3 aliphatic rings. The molecule has 1 aromatic rings. The third-order valence-corrected chi connectivity index (χ3v) is 4.84. The largest absolute Gasteiger partial charge is 0.381 e. The topological polar surface area (TPSA) is 72.9 Å². The van der Waals surface area contributed by atoms with Gasteiger partial charge in [-0.3, -0.25) is 9.59 Å². The third-order valence-electron chi connectivity index (χ3n) is 4.84. The highest BCUT2D eigenvalue weighted by Crippen LogP contribution is 2.46. The molecule has 1 unspecified atom stereocenters. The monoisotopic (exact) mass is 301 g/mol. The lowest BCUT2D eigenvalue weighted by Gasteiger charge is -2.38. The molecule has 2 heterocycles. The van der Waals surface area contributed by atoms with Crippen LogP contribution in [0.25, 0.3) is 0 Å². The van der Waals surface area contributed by atoms with Crippen LogP contribution < -0.4 is 0 Å². The van der Waals surface area contributed by atoms with Crippen LogP contribution in [0.15, 0.2) is 24.3 Å². The first-order chi connectivity index (χ1) is 10.6. The van der Waals surface area contributed by atoms with Crippen LogP contribution in [0.2, 0.25) is 0 Å². The van der Waals surface area contributed by atoms with E-state index in [1.165, 1.54) is 0 Å². The number of ether oxygens (including phenoxy) is 1. The molecule has 1 saturated carbocycles. The van der Waals surface area contributed by atoms with Gasteiger partial charge < -0.3 is 9.57 Å². The fourth-order valence-electron chi connectivity index (χ4n) is 3.58. The van der Waals surface area contributed by atoms with Crippen LogP contribution >= 0.6 is 0 Å². The molecule has 2 aliphatic heterocycles. The lowest BCUT2D eigenvalue weighted by Crippen LogP contribution is -2.39. The van der Waals surface area contributed by atoms with E-state index in [1.54, 1.807) is 24.3 Å². The Morgan fingerprint density at radius 2 is 1.86 bits per heavy atom. The summed E-state index contributed by atoms with van der Waals surface area (Å²) in [4.78, 5) is 41.3. The fraction of sp³-hybridized carbons (Fsp3) is 0.438. The zero-order chi connectivity index (χ0) is 15.3. The molecule has 0 radical (unpaired) electrons. The lowest BCUT2D eigenvalue weighted by molar-refractivity contribution is -0.171. The van der Waals surface area contributed by atoms with Crippen LogP contribution in [0.1, 0.15) is 33.6 Å². The summed E-state index contributed by atoms with van der Waals surface area (Å²) >= 11 is 0. The average Bonchev–Trinajstić information content (AvgIpc) is 2.99. The van der Waals surface area contributed by atoms with Gasteiger partial charge in [0.2, 0.25) is 0 Å². The van der Waals surface area contributed by atoms with Crippen molar-refractivity contribution in [2.75, 3.05) is 13.2 Å². The number of carbonyl (C=O) groups is 3. The second-order valence-corrected chi connectivity index (χ2v) is 6.07. The van der Waals surface area contributed by atoms with Crippen molar-refractivity contribution in [1.82, 2.24) is 5.06 Å². The minimum atomic E-state index is -0.579. The second kappa shape index (κ2) is 4.91. The Labute approximate surface area is 126 Å². The number of fused-ring (bicyclic) bond motifs is 2. The van der Waals surface area contributed by atoms with E-state index in [1.807, 2.05) is 0 Å². The van der Waals surface area contributed by atoms with Gasteiger partial charge in [-0.05, 0) is 36.3 Å². The van der Waals surface area contributed by atoms with Crippen molar-refractivity contribution in [3.63, 3.8) is 0 Å². The summed E-state index contributed by atoms with van der Waals surface area (Å²) in [6.07, 6.45) is 1.17. The van der Waals surface area contributed by atoms with Gasteiger partial charge in [0, 0.05) is 6.61 Å². The zero-order valence-electron chi connectivity index (χ0n) is 11.9. The van der Waals surface area contributed by atoms with E-state index >= 15 is 0 Å². The van der Waals surface area contributed by atoms with Crippen LogP contribution in [-0.2, 0) is 14.4 Å². The van der Waals surface area contributed by atoms with Crippen LogP contribution in [0.4, 0.5) is 0 Å². The molecule has 1 aliphatic carbocycles. The van der Waals surface area contributed by atoms with E-state index < -0.39 is 17.8 Å². The predicted molar refractivity (Wildman–Crippen MR) is 73.6 cm³/mol. The molecule has 114 valence electrons. The van der Waals surface area contributed by atoms with Crippen LogP contribution in [0, 0.1) is 17.8 Å². The Hall–Kier alpha value is -2.21. The van der Waals surface area contributed by atoms with Crippen molar-refractivity contribution < 1.29 is 24.0 Å². The molecule has 1 saturated heterocycles. The first-order valence-electron chi connectivity index (χ1n) is 7.41. The van der Waals surface area contributed by atoms with Crippen molar-refractivity contribution in [2.24, 2.45) is 17.8 Å². The van der Waals surface area contributed by atoms with Crippen LogP contribution in [0.3, 0.4) is 0 Å². The smallest absolute Gasteiger partial charge is 0.333 e. The lowest BCUT2D eigenvalue weighted by atomic mass is 9.65. The van der Waals surface area contributed by atoms with Gasteiger partial charge in [-0.2, -0.15) is 0 Å². The third kappa shape index (κ3) is 1.94. The van der Waals surface area contributed by atoms with Gasteiger partial charge in [0.15, 0.2) is 0 Å². The van der Waals surface area contributed by atoms with Gasteiger partial charge in [-0.25, -0.2) is 4.79 Å². The second-order valence-electron chi connectivity index (χ2n) is 6.07. The van der Waals surface area contributed by atoms with E-state index in [0.29, 0.717) is 23.5 Å². The number of benzene rings is 1. The minimum Gasteiger partial charge on any atom is -0.381 e. The van der Waals surface area contributed by atoms with E-state index in [0.717, 1.165) is 13.0 Å². The number of rotatable bonds is 3. The molecular weight excluding hydrogens is 286 g/mol. The average molecular weight is 301 g/mol. The standard InChI is InChI=1S/C16H15NO5/c18-14(6-9-5-10-7-21-8-13(9)10)22-17-15(19)11-3-1-2-4-12(11)16(17)20/h1-4,9-10,13H,5-8H2/t9?,10-,13-/m1/s1. The quantitative estimate of drug-likeness (QED) is 0.789. The van der Waals surface area contributed by atoms with Gasteiger partial charge in [-0.1, -0.05) is 17.2 Å². The van der Waals surface area contributed by atoms with Gasteiger partial charge in [0.1, 0.15) is 0 Å². The molecule has 6 nitrogen and oxygen atoms in total. The minimum absolute atomic E-state index is 0.220. The summed E-state index contributed by atoms with van der Waals surface area (Å²) in [6, 6.07) is 6.44. The molecule has 0 N–H and O–H groups in total. The molecular formula is C16H15NO5. The number of hydrogen-bond donors (Lipinski definition) is 0. The maximum absolute atomic E-state index is 12.1. The first kappa shape index (κ1) is 13.5. The van der Waals surface area contributed by atoms with Crippen molar-refractivity contribution in [3.05, 3.63) is 35.4 Å². The molecule has 4 rings (SSSR count). The summed E-state index contributed by atoms with van der Waals surface area (Å²) in [5.74, 6) is -0.499. The summed E-state index contributed by atoms with van der Waals surface area (Å²) in [5.41, 5.74) is 0.543. The predicted octanol–water partition coefficient (Wildman–Crippen LogP) is 1.41. The van der Waals surface area contributed by atoms with Gasteiger partial charge >= 0.3 is 5.97 Å². The Balaban J connectivity index is 1.41. The van der Waals surface area contributed by atoms with Gasteiger partial charge in [0.05, 0.1) is 24.2 Å². The number of nitrogens with zero attached hydrogens (tertiary/aromatic N) is 1. The van der Waals surface area contributed by atoms with E-state index in [9.17, 15) is 14.4 Å². The molecule has 0 bridgehead atoms. The maximum Gasteiger partial charge on any atom is 0.333 e. The Morgan fingerprint density at radius 3 is 2.50 bits per heavy atom.